The van der Waals surface area contributed by atoms with Crippen molar-refractivity contribution < 1.29 is 5.11 Å². The molecule has 0 bridgehead atoms. The lowest BCUT2D eigenvalue weighted by molar-refractivity contribution is 0.192. The normalized spacial score (nSPS) is 18.3. The summed E-state index contributed by atoms with van der Waals surface area (Å²) in [4.78, 5) is 2.31. The van der Waals surface area contributed by atoms with Gasteiger partial charge in [-0.1, -0.05) is 117 Å². The van der Waals surface area contributed by atoms with Gasteiger partial charge in [0.05, 0.1) is 6.10 Å². The minimum absolute atomic E-state index is 0.0746. The van der Waals surface area contributed by atoms with Gasteiger partial charge in [-0.25, -0.2) is 0 Å². The summed E-state index contributed by atoms with van der Waals surface area (Å²) in [6.07, 6.45) is 33.1. The first kappa shape index (κ1) is 31.8. The zero-order valence-corrected chi connectivity index (χ0v) is 25.8. The Labute approximate surface area is 233 Å². The highest BCUT2D eigenvalue weighted by atomic mass is 32.2. The lowest BCUT2D eigenvalue weighted by atomic mass is 9.71. The maximum atomic E-state index is 11.0. The predicted molar refractivity (Wildman–Crippen MR) is 167 cm³/mol. The van der Waals surface area contributed by atoms with Crippen molar-refractivity contribution >= 4 is 11.8 Å². The monoisotopic (exact) mass is 525 g/mol. The number of allylic oxidation sites excluding steroid dienone is 8. The van der Waals surface area contributed by atoms with Crippen LogP contribution in [-0.2, 0) is 0 Å². The maximum absolute atomic E-state index is 11.0. The zero-order valence-electron chi connectivity index (χ0n) is 25.0. The summed E-state index contributed by atoms with van der Waals surface area (Å²) >= 11 is 1.97. The van der Waals surface area contributed by atoms with Crippen LogP contribution in [0.15, 0.2) is 71.1 Å². The Balaban J connectivity index is 1.76. The van der Waals surface area contributed by atoms with Crippen molar-refractivity contribution in [1.29, 1.82) is 0 Å². The van der Waals surface area contributed by atoms with Crippen LogP contribution >= 0.6 is 11.8 Å². The van der Waals surface area contributed by atoms with Crippen LogP contribution in [0.1, 0.15) is 106 Å². The molecule has 0 spiro atoms. The van der Waals surface area contributed by atoms with Crippen molar-refractivity contribution in [3.63, 3.8) is 0 Å². The first-order valence-corrected chi connectivity index (χ1v) is 16.1. The molecule has 3 heteroatoms. The van der Waals surface area contributed by atoms with Gasteiger partial charge in [0.1, 0.15) is 0 Å². The van der Waals surface area contributed by atoms with Crippen LogP contribution in [0, 0.1) is 10.8 Å². The van der Waals surface area contributed by atoms with Crippen molar-refractivity contribution in [2.75, 3.05) is 18.6 Å². The second-order valence-electron chi connectivity index (χ2n) is 12.8. The summed E-state index contributed by atoms with van der Waals surface area (Å²) in [7, 11) is 0. The first-order chi connectivity index (χ1) is 17.5. The molecule has 0 atom stereocenters. The SMILES string of the molecule is CSCCCCCCCCCCCCN1C=CC(=CC=C2C=C(C(C)(C)C)C(O)C(C(C)(C)C)=C2)C=C1. The van der Waals surface area contributed by atoms with E-state index in [0.29, 0.717) is 0 Å². The fourth-order valence-electron chi connectivity index (χ4n) is 4.95. The molecular weight excluding hydrogens is 470 g/mol. The fourth-order valence-corrected chi connectivity index (χ4v) is 5.45. The van der Waals surface area contributed by atoms with E-state index in [9.17, 15) is 5.11 Å². The largest absolute Gasteiger partial charge is 0.384 e. The zero-order chi connectivity index (χ0) is 27.3. The Bertz CT molecular complexity index is 822. The standard InChI is InChI=1S/C34H55NOS/c1-33(2,3)30-26-29(27-31(32(30)36)34(4,5)6)19-18-28-20-23-35(24-21-28)22-16-14-12-10-8-9-11-13-15-17-25-37-7/h18-21,23-24,26-27,32,36H,8-17,22,25H2,1-7H3. The first-order valence-electron chi connectivity index (χ1n) is 14.7. The molecule has 2 aliphatic rings. The Morgan fingerprint density at radius 1 is 0.703 bits per heavy atom. The van der Waals surface area contributed by atoms with Crippen molar-refractivity contribution in [3.8, 4) is 0 Å². The summed E-state index contributed by atoms with van der Waals surface area (Å²) in [6, 6.07) is 0. The molecule has 1 aliphatic carbocycles. The lowest BCUT2D eigenvalue weighted by Crippen LogP contribution is -2.31. The van der Waals surface area contributed by atoms with E-state index in [1.54, 1.807) is 0 Å². The molecule has 1 aliphatic heterocycles. The molecule has 0 saturated heterocycles. The van der Waals surface area contributed by atoms with Gasteiger partial charge in [0, 0.05) is 18.9 Å². The number of nitrogens with zero attached hydrogens (tertiary/aromatic N) is 1. The topological polar surface area (TPSA) is 23.5 Å². The van der Waals surface area contributed by atoms with Gasteiger partial charge in [-0.15, -0.1) is 0 Å². The van der Waals surface area contributed by atoms with Crippen molar-refractivity contribution in [2.45, 2.75) is 112 Å². The maximum Gasteiger partial charge on any atom is 0.0977 e. The smallest absolute Gasteiger partial charge is 0.0977 e. The molecule has 0 aromatic heterocycles. The Morgan fingerprint density at radius 3 is 1.59 bits per heavy atom. The average molecular weight is 526 g/mol. The molecule has 2 rings (SSSR count). The minimum atomic E-state index is -0.507. The van der Waals surface area contributed by atoms with Crippen LogP contribution in [0.25, 0.3) is 0 Å². The molecule has 1 heterocycles. The van der Waals surface area contributed by atoms with Crippen molar-refractivity contribution in [3.05, 3.63) is 71.1 Å². The molecule has 208 valence electrons. The second-order valence-corrected chi connectivity index (χ2v) is 13.8. The number of thioether (sulfide) groups is 1. The van der Waals surface area contributed by atoms with Crippen LogP contribution in [0.5, 0.6) is 0 Å². The number of unbranched alkanes of at least 4 members (excludes halogenated alkanes) is 9. The fraction of sp³-hybridized carbons (Fsp3) is 0.647. The Hall–Kier alpha value is -1.45. The number of aliphatic hydroxyl groups excluding tert-OH is 1. The lowest BCUT2D eigenvalue weighted by Gasteiger charge is -2.37. The van der Waals surface area contributed by atoms with E-state index in [2.05, 4.69) is 102 Å². The van der Waals surface area contributed by atoms with E-state index in [1.165, 1.54) is 75.5 Å². The molecular formula is C34H55NOS. The molecule has 1 N–H and O–H groups in total. The molecule has 37 heavy (non-hydrogen) atoms. The highest BCUT2D eigenvalue weighted by molar-refractivity contribution is 7.98. The Kier molecular flexibility index (Phi) is 13.6. The van der Waals surface area contributed by atoms with E-state index in [0.717, 1.165) is 23.3 Å². The van der Waals surface area contributed by atoms with Crippen molar-refractivity contribution in [1.82, 2.24) is 4.90 Å². The summed E-state index contributed by atoms with van der Waals surface area (Å²) in [5.41, 5.74) is 4.40. The van der Waals surface area contributed by atoms with Gasteiger partial charge in [-0.05, 0) is 70.1 Å². The third-order valence-corrected chi connectivity index (χ3v) is 8.06. The van der Waals surface area contributed by atoms with Crippen LogP contribution in [0.4, 0.5) is 0 Å². The summed E-state index contributed by atoms with van der Waals surface area (Å²) in [5.74, 6) is 1.33. The molecule has 2 nitrogen and oxygen atoms in total. The quantitative estimate of drug-likeness (QED) is 0.228. The molecule has 0 unspecified atom stereocenters. The Morgan fingerprint density at radius 2 is 1.14 bits per heavy atom. The molecule has 0 fully saturated rings. The summed E-state index contributed by atoms with van der Waals surface area (Å²) < 4.78 is 0. The van der Waals surface area contributed by atoms with Crippen LogP contribution < -0.4 is 0 Å². The average Bonchev–Trinajstić information content (AvgIpc) is 2.83. The van der Waals surface area contributed by atoms with Crippen LogP contribution in [0.3, 0.4) is 0 Å². The molecule has 0 saturated carbocycles. The third-order valence-electron chi connectivity index (χ3n) is 7.37. The molecule has 0 radical (unpaired) electrons. The molecule has 0 aromatic rings. The van der Waals surface area contributed by atoms with E-state index >= 15 is 0 Å². The second kappa shape index (κ2) is 15.8. The molecule has 0 aromatic carbocycles. The van der Waals surface area contributed by atoms with E-state index < -0.39 is 6.10 Å². The van der Waals surface area contributed by atoms with Gasteiger partial charge in [-0.3, -0.25) is 0 Å². The van der Waals surface area contributed by atoms with Crippen LogP contribution in [0.2, 0.25) is 0 Å². The van der Waals surface area contributed by atoms with Gasteiger partial charge in [-0.2, -0.15) is 11.8 Å². The third kappa shape index (κ3) is 11.9. The summed E-state index contributed by atoms with van der Waals surface area (Å²) in [6.45, 7) is 14.2. The molecule has 0 amide bonds. The van der Waals surface area contributed by atoms with Crippen molar-refractivity contribution in [2.24, 2.45) is 10.8 Å². The highest BCUT2D eigenvalue weighted by Gasteiger charge is 2.34. The van der Waals surface area contributed by atoms with Gasteiger partial charge in [0.15, 0.2) is 0 Å². The van der Waals surface area contributed by atoms with Gasteiger partial charge >= 0.3 is 0 Å². The number of rotatable bonds is 14. The van der Waals surface area contributed by atoms with Crippen LogP contribution in [-0.4, -0.2) is 34.7 Å². The number of hydrogen-bond donors (Lipinski definition) is 1. The minimum Gasteiger partial charge on any atom is -0.384 e. The number of hydrogen-bond acceptors (Lipinski definition) is 3. The number of aliphatic hydroxyl groups is 1. The van der Waals surface area contributed by atoms with Gasteiger partial charge in [0.25, 0.3) is 0 Å². The van der Waals surface area contributed by atoms with Gasteiger partial charge < -0.3 is 10.0 Å². The van der Waals surface area contributed by atoms with Gasteiger partial charge in [0.2, 0.25) is 0 Å². The predicted octanol–water partition coefficient (Wildman–Crippen LogP) is 9.77. The van der Waals surface area contributed by atoms with E-state index in [-0.39, 0.29) is 10.8 Å². The summed E-state index contributed by atoms with van der Waals surface area (Å²) in [5, 5.41) is 11.0. The van der Waals surface area contributed by atoms with E-state index in [1.807, 2.05) is 11.8 Å². The van der Waals surface area contributed by atoms with E-state index in [4.69, 9.17) is 0 Å². The highest BCUT2D eigenvalue weighted by Crippen LogP contribution is 2.41.